The highest BCUT2D eigenvalue weighted by atomic mass is 35.5. The summed E-state index contributed by atoms with van der Waals surface area (Å²) in [6, 6.07) is 10.8. The van der Waals surface area contributed by atoms with E-state index < -0.39 is 0 Å². The molecule has 124 valence electrons. The molecule has 0 aliphatic rings. The van der Waals surface area contributed by atoms with Gasteiger partial charge in [0.1, 0.15) is 17.2 Å². The van der Waals surface area contributed by atoms with Gasteiger partial charge in [-0.15, -0.1) is 0 Å². The van der Waals surface area contributed by atoms with Gasteiger partial charge in [0.2, 0.25) is 0 Å². The zero-order valence-corrected chi connectivity index (χ0v) is 14.3. The number of hydrogen-bond donors (Lipinski definition) is 2. The van der Waals surface area contributed by atoms with Gasteiger partial charge in [0.05, 0.1) is 19.2 Å². The van der Waals surface area contributed by atoms with Gasteiger partial charge in [-0.05, 0) is 42.8 Å². The molecular formula is C18H17ClN2O3. The molecule has 0 saturated heterocycles. The zero-order valence-electron chi connectivity index (χ0n) is 13.6. The Hall–Kier alpha value is -2.66. The van der Waals surface area contributed by atoms with E-state index in [9.17, 15) is 4.79 Å². The van der Waals surface area contributed by atoms with Crippen molar-refractivity contribution in [3.05, 3.63) is 52.7 Å². The number of fused-ring (bicyclic) bond motifs is 1. The molecule has 1 aromatic heterocycles. The Bertz CT molecular complexity index is 918. The van der Waals surface area contributed by atoms with Crippen molar-refractivity contribution in [2.45, 2.75) is 6.92 Å². The molecule has 24 heavy (non-hydrogen) atoms. The number of anilines is 1. The Labute approximate surface area is 144 Å². The smallest absolute Gasteiger partial charge is 0.272 e. The molecule has 0 unspecified atom stereocenters. The van der Waals surface area contributed by atoms with Crippen LogP contribution in [0.1, 0.15) is 16.1 Å². The summed E-state index contributed by atoms with van der Waals surface area (Å²) < 4.78 is 10.3. The maximum absolute atomic E-state index is 12.6. The van der Waals surface area contributed by atoms with E-state index in [-0.39, 0.29) is 5.91 Å². The molecule has 3 aromatic rings. The zero-order chi connectivity index (χ0) is 17.3. The third-order valence-electron chi connectivity index (χ3n) is 3.90. The van der Waals surface area contributed by atoms with Crippen molar-refractivity contribution in [1.82, 2.24) is 4.98 Å². The van der Waals surface area contributed by atoms with E-state index in [0.29, 0.717) is 22.2 Å². The van der Waals surface area contributed by atoms with E-state index in [4.69, 9.17) is 21.1 Å². The molecule has 0 atom stereocenters. The summed E-state index contributed by atoms with van der Waals surface area (Å²) >= 11 is 6.09. The number of carbonyl (C=O) groups is 1. The summed E-state index contributed by atoms with van der Waals surface area (Å²) in [5.41, 5.74) is 2.83. The second-order valence-corrected chi connectivity index (χ2v) is 5.75. The minimum atomic E-state index is -0.232. The number of halogens is 1. The lowest BCUT2D eigenvalue weighted by Crippen LogP contribution is -2.13. The first-order valence-electron chi connectivity index (χ1n) is 7.34. The molecule has 0 aliphatic carbocycles. The van der Waals surface area contributed by atoms with Crippen LogP contribution >= 0.6 is 11.6 Å². The molecule has 0 radical (unpaired) electrons. The maximum Gasteiger partial charge on any atom is 0.272 e. The quantitative estimate of drug-likeness (QED) is 0.737. The van der Waals surface area contributed by atoms with Gasteiger partial charge in [0.25, 0.3) is 5.91 Å². The topological polar surface area (TPSA) is 63.4 Å². The maximum atomic E-state index is 12.6. The van der Waals surface area contributed by atoms with Crippen LogP contribution in [0.15, 0.2) is 36.4 Å². The fourth-order valence-corrected chi connectivity index (χ4v) is 2.87. The van der Waals surface area contributed by atoms with Crippen molar-refractivity contribution in [2.75, 3.05) is 19.5 Å². The van der Waals surface area contributed by atoms with Gasteiger partial charge in [-0.3, -0.25) is 4.79 Å². The molecule has 0 aliphatic heterocycles. The number of methoxy groups -OCH3 is 2. The number of rotatable bonds is 4. The molecule has 3 rings (SSSR count). The third kappa shape index (κ3) is 2.90. The van der Waals surface area contributed by atoms with Crippen molar-refractivity contribution in [3.8, 4) is 11.5 Å². The lowest BCUT2D eigenvalue weighted by molar-refractivity contribution is 0.102. The molecule has 5 nitrogen and oxygen atoms in total. The van der Waals surface area contributed by atoms with E-state index in [0.717, 1.165) is 22.2 Å². The van der Waals surface area contributed by atoms with Gasteiger partial charge < -0.3 is 19.8 Å². The number of aromatic amines is 1. The number of benzene rings is 2. The Morgan fingerprint density at radius 1 is 1.12 bits per heavy atom. The normalized spacial score (nSPS) is 10.7. The van der Waals surface area contributed by atoms with Gasteiger partial charge in [-0.2, -0.15) is 0 Å². The monoisotopic (exact) mass is 344 g/mol. The van der Waals surface area contributed by atoms with Crippen molar-refractivity contribution >= 4 is 34.1 Å². The largest absolute Gasteiger partial charge is 0.497 e. The van der Waals surface area contributed by atoms with Crippen LogP contribution in [0, 0.1) is 6.92 Å². The summed E-state index contributed by atoms with van der Waals surface area (Å²) in [6.07, 6.45) is 0. The molecule has 0 saturated carbocycles. The van der Waals surface area contributed by atoms with Gasteiger partial charge >= 0.3 is 0 Å². The fraction of sp³-hybridized carbons (Fsp3) is 0.167. The lowest BCUT2D eigenvalue weighted by Gasteiger charge is -2.08. The van der Waals surface area contributed by atoms with Crippen LogP contribution in [0.2, 0.25) is 5.02 Å². The van der Waals surface area contributed by atoms with E-state index >= 15 is 0 Å². The molecule has 1 heterocycles. The van der Waals surface area contributed by atoms with Crippen molar-refractivity contribution in [1.29, 1.82) is 0 Å². The number of aryl methyl sites for hydroxylation is 1. The first-order chi connectivity index (χ1) is 11.5. The Kier molecular flexibility index (Phi) is 4.36. The van der Waals surface area contributed by atoms with E-state index in [1.807, 2.05) is 25.1 Å². The molecule has 6 heteroatoms. The Morgan fingerprint density at radius 2 is 1.92 bits per heavy atom. The number of hydrogen-bond acceptors (Lipinski definition) is 3. The number of carbonyl (C=O) groups excluding carboxylic acids is 1. The molecule has 2 aromatic carbocycles. The van der Waals surface area contributed by atoms with Crippen molar-refractivity contribution in [2.24, 2.45) is 0 Å². The van der Waals surface area contributed by atoms with Gasteiger partial charge in [0.15, 0.2) is 0 Å². The Morgan fingerprint density at radius 3 is 2.58 bits per heavy atom. The highest BCUT2D eigenvalue weighted by molar-refractivity contribution is 6.32. The summed E-state index contributed by atoms with van der Waals surface area (Å²) in [4.78, 5) is 15.7. The molecule has 1 amide bonds. The van der Waals surface area contributed by atoms with E-state index in [2.05, 4.69) is 10.3 Å². The van der Waals surface area contributed by atoms with E-state index in [1.165, 1.54) is 0 Å². The average Bonchev–Trinajstić information content (AvgIpc) is 2.91. The van der Waals surface area contributed by atoms with Gasteiger partial charge in [0, 0.05) is 22.7 Å². The second-order valence-electron chi connectivity index (χ2n) is 5.34. The lowest BCUT2D eigenvalue weighted by atomic mass is 10.1. The summed E-state index contributed by atoms with van der Waals surface area (Å²) in [6.45, 7) is 1.90. The minimum absolute atomic E-state index is 0.232. The number of nitrogens with one attached hydrogen (secondary N) is 2. The number of amides is 1. The van der Waals surface area contributed by atoms with Gasteiger partial charge in [-0.1, -0.05) is 11.6 Å². The predicted molar refractivity (Wildman–Crippen MR) is 95.5 cm³/mol. The SMILES string of the molecule is COc1ccc2c(C)c(C(=O)Nc3ccc(OC)c(Cl)c3)[nH]c2c1. The predicted octanol–water partition coefficient (Wildman–Crippen LogP) is 4.40. The third-order valence-corrected chi connectivity index (χ3v) is 4.20. The van der Waals surface area contributed by atoms with Crippen LogP contribution in [-0.4, -0.2) is 25.1 Å². The summed E-state index contributed by atoms with van der Waals surface area (Å²) in [5, 5.41) is 4.26. The summed E-state index contributed by atoms with van der Waals surface area (Å²) in [7, 11) is 3.15. The first-order valence-corrected chi connectivity index (χ1v) is 7.72. The van der Waals surface area contributed by atoms with Gasteiger partial charge in [-0.25, -0.2) is 0 Å². The van der Waals surface area contributed by atoms with E-state index in [1.54, 1.807) is 32.4 Å². The second kappa shape index (κ2) is 6.45. The average molecular weight is 345 g/mol. The minimum Gasteiger partial charge on any atom is -0.497 e. The first kappa shape index (κ1) is 16.2. The van der Waals surface area contributed by atoms with Crippen LogP contribution in [0.25, 0.3) is 10.9 Å². The molecule has 0 spiro atoms. The van der Waals surface area contributed by atoms with Crippen LogP contribution in [0.3, 0.4) is 0 Å². The van der Waals surface area contributed by atoms with Crippen LogP contribution in [0.5, 0.6) is 11.5 Å². The number of ether oxygens (including phenoxy) is 2. The molecule has 2 N–H and O–H groups in total. The van der Waals surface area contributed by atoms with Crippen LogP contribution in [0.4, 0.5) is 5.69 Å². The molecule has 0 bridgehead atoms. The number of aromatic nitrogens is 1. The van der Waals surface area contributed by atoms with Crippen molar-refractivity contribution in [3.63, 3.8) is 0 Å². The summed E-state index contributed by atoms with van der Waals surface area (Å²) in [5.74, 6) is 1.06. The van der Waals surface area contributed by atoms with Crippen LogP contribution in [-0.2, 0) is 0 Å². The highest BCUT2D eigenvalue weighted by Crippen LogP contribution is 2.29. The molecule has 0 fully saturated rings. The van der Waals surface area contributed by atoms with Crippen LogP contribution < -0.4 is 14.8 Å². The Balaban J connectivity index is 1.91. The molecular weight excluding hydrogens is 328 g/mol. The fourth-order valence-electron chi connectivity index (χ4n) is 2.61. The highest BCUT2D eigenvalue weighted by Gasteiger charge is 2.16. The van der Waals surface area contributed by atoms with Crippen molar-refractivity contribution < 1.29 is 14.3 Å². The number of H-pyrrole nitrogens is 1. The standard InChI is InChI=1S/C18H17ClN2O3/c1-10-13-6-5-12(23-2)9-15(13)21-17(10)18(22)20-11-4-7-16(24-3)14(19)8-11/h4-9,21H,1-3H3,(H,20,22).